The maximum Gasteiger partial charge on any atom is 0.329 e. The highest BCUT2D eigenvalue weighted by atomic mass is 16.5. The molecule has 0 spiro atoms. The van der Waals surface area contributed by atoms with Crippen LogP contribution in [0.1, 0.15) is 109 Å². The van der Waals surface area contributed by atoms with E-state index in [1.165, 1.54) is 79.7 Å². The van der Waals surface area contributed by atoms with Crippen molar-refractivity contribution in [3.05, 3.63) is 89.5 Å². The lowest BCUT2D eigenvalue weighted by Gasteiger charge is -2.29. The van der Waals surface area contributed by atoms with E-state index in [9.17, 15) is 103 Å². The van der Waals surface area contributed by atoms with Gasteiger partial charge in [-0.05, 0) is 124 Å². The van der Waals surface area contributed by atoms with E-state index in [0.717, 1.165) is 13.8 Å². The normalized spacial score (nSPS) is 24.4. The largest absolute Gasteiger partial charge is 0.508 e. The lowest BCUT2D eigenvalue weighted by molar-refractivity contribution is -0.153. The number of amides is 12. The van der Waals surface area contributed by atoms with Crippen LogP contribution in [0.4, 0.5) is 0 Å². The van der Waals surface area contributed by atoms with Crippen molar-refractivity contribution in [2.75, 3.05) is 26.3 Å². The first kappa shape index (κ1) is 84.1. The zero-order chi connectivity index (χ0) is 76.9. The maximum atomic E-state index is 14.8. The van der Waals surface area contributed by atoms with Crippen LogP contribution in [-0.4, -0.2) is 230 Å². The molecule has 23 N–H and O–H groups in total. The van der Waals surface area contributed by atoms with Crippen molar-refractivity contribution in [3.63, 3.8) is 0 Å². The van der Waals surface area contributed by atoms with E-state index in [1.54, 1.807) is 6.92 Å². The SMILES string of the molecule is CC[C@@H](C)[C@@H]1NC(=O)[C@@H](Cc2ccc(O)cc2)NC(=O)[C@@H](CO)NC(=O)[C@H](CCCN)NC(=O)[C@H](Cc2ccc(O)cc2)NC(=O)[C@H]([C@H](C)O)NC(=O)[C@@H](CCC(=O)O)NC(=O)[C@H](C)NC(=O)[C@H](NC(=O)[C@@H](Cc2ccc(O)cc2)NC(=O)[C@@H](CCC(N)=O)NC(=O)[C@@H]2CCCN2)C[C@@H](O)COC1=O. The molecule has 2 saturated heterocycles. The Kier molecular flexibility index (Phi) is 33.6. The molecule has 104 heavy (non-hydrogen) atoms. The first-order chi connectivity index (χ1) is 49.3. The number of carboxylic acid groups (broad SMARTS) is 1. The third-order valence-electron chi connectivity index (χ3n) is 17.3. The van der Waals surface area contributed by atoms with Crippen molar-refractivity contribution < 1.29 is 108 Å². The summed E-state index contributed by atoms with van der Waals surface area (Å²) < 4.78 is 5.57. The van der Waals surface area contributed by atoms with Crippen molar-refractivity contribution in [1.82, 2.24) is 63.8 Å². The summed E-state index contributed by atoms with van der Waals surface area (Å²) in [5.41, 5.74) is 12.2. The van der Waals surface area contributed by atoms with Gasteiger partial charge in [0, 0.05) is 38.5 Å². The molecule has 5 rings (SSSR count). The predicted octanol–water partition coefficient (Wildman–Crippen LogP) is -5.47. The highest BCUT2D eigenvalue weighted by Gasteiger charge is 2.39. The molecule has 570 valence electrons. The monoisotopic (exact) mass is 1460 g/mol. The van der Waals surface area contributed by atoms with Crippen molar-refractivity contribution in [2.24, 2.45) is 17.4 Å². The number of hydrogen-bond donors (Lipinski definition) is 21. The number of carbonyl (C=O) groups excluding carboxylic acids is 13. The summed E-state index contributed by atoms with van der Waals surface area (Å²) in [5, 5.41) is 103. The van der Waals surface area contributed by atoms with Crippen LogP contribution in [0.15, 0.2) is 72.8 Å². The summed E-state index contributed by atoms with van der Waals surface area (Å²) in [5.74, 6) is -17.1. The van der Waals surface area contributed by atoms with Gasteiger partial charge in [0.15, 0.2) is 0 Å². The van der Waals surface area contributed by atoms with Gasteiger partial charge >= 0.3 is 11.9 Å². The molecular weight excluding hydrogens is 1360 g/mol. The zero-order valence-corrected chi connectivity index (χ0v) is 58.0. The molecule has 2 fully saturated rings. The highest BCUT2D eigenvalue weighted by molar-refractivity contribution is 6.00. The summed E-state index contributed by atoms with van der Waals surface area (Å²) >= 11 is 0. The molecule has 3 aromatic carbocycles. The Bertz CT molecular complexity index is 3470. The number of aliphatic hydroxyl groups is 3. The molecule has 3 aromatic rings. The van der Waals surface area contributed by atoms with Crippen molar-refractivity contribution in [1.29, 1.82) is 0 Å². The van der Waals surface area contributed by atoms with Crippen LogP contribution in [0.5, 0.6) is 17.2 Å². The van der Waals surface area contributed by atoms with Gasteiger partial charge in [-0.25, -0.2) is 4.79 Å². The number of benzene rings is 3. The first-order valence-electron chi connectivity index (χ1n) is 34.0. The van der Waals surface area contributed by atoms with Gasteiger partial charge < -0.3 is 116 Å². The number of primary amides is 1. The topological polar surface area (TPSA) is 586 Å². The minimum atomic E-state index is -2.02. The number of cyclic esters (lactones) is 1. The molecule has 2 aliphatic heterocycles. The molecule has 12 amide bonds. The van der Waals surface area contributed by atoms with Crippen LogP contribution in [0, 0.1) is 5.92 Å². The van der Waals surface area contributed by atoms with E-state index in [4.69, 9.17) is 16.2 Å². The van der Waals surface area contributed by atoms with Crippen LogP contribution in [0.3, 0.4) is 0 Å². The van der Waals surface area contributed by atoms with E-state index in [1.807, 2.05) is 0 Å². The molecule has 0 radical (unpaired) electrons. The lowest BCUT2D eigenvalue weighted by atomic mass is 9.97. The lowest BCUT2D eigenvalue weighted by Crippen LogP contribution is -2.62. The highest BCUT2D eigenvalue weighted by Crippen LogP contribution is 2.19. The van der Waals surface area contributed by atoms with E-state index >= 15 is 0 Å². The van der Waals surface area contributed by atoms with Crippen molar-refractivity contribution in [2.45, 2.75) is 196 Å². The predicted molar refractivity (Wildman–Crippen MR) is 367 cm³/mol. The fraction of sp³-hybridized carbons (Fsp3) is 0.529. The Labute approximate surface area is 598 Å². The minimum absolute atomic E-state index is 0.0447. The second-order valence-electron chi connectivity index (χ2n) is 25.6. The molecule has 0 aromatic heterocycles. The van der Waals surface area contributed by atoms with Gasteiger partial charge in [-0.3, -0.25) is 62.3 Å². The molecule has 15 atom stereocenters. The molecule has 0 saturated carbocycles. The number of aliphatic hydroxyl groups excluding tert-OH is 3. The van der Waals surface area contributed by atoms with Crippen LogP contribution in [0.2, 0.25) is 0 Å². The number of phenolic OH excluding ortho intramolecular Hbond substituents is 3. The van der Waals surface area contributed by atoms with Crippen molar-refractivity contribution >= 4 is 82.8 Å². The summed E-state index contributed by atoms with van der Waals surface area (Å²) in [4.78, 5) is 196. The molecular formula is C68H96N14O22. The van der Waals surface area contributed by atoms with E-state index < -0.39 is 225 Å². The quantitative estimate of drug-likeness (QED) is 0.0352. The van der Waals surface area contributed by atoms with E-state index in [0.29, 0.717) is 36.1 Å². The summed E-state index contributed by atoms with van der Waals surface area (Å²) in [6.07, 6.45) is -7.10. The first-order valence-corrected chi connectivity index (χ1v) is 34.0. The second-order valence-corrected chi connectivity index (χ2v) is 25.6. The number of hydrogen-bond acceptors (Lipinski definition) is 23. The zero-order valence-electron chi connectivity index (χ0n) is 58.0. The molecule has 0 aliphatic carbocycles. The summed E-state index contributed by atoms with van der Waals surface area (Å²) in [7, 11) is 0. The maximum absolute atomic E-state index is 14.8. The van der Waals surface area contributed by atoms with Gasteiger partial charge in [-0.2, -0.15) is 0 Å². The van der Waals surface area contributed by atoms with Gasteiger partial charge in [0.25, 0.3) is 0 Å². The number of aliphatic carboxylic acids is 1. The fourth-order valence-electron chi connectivity index (χ4n) is 11.0. The molecule has 0 unspecified atom stereocenters. The molecule has 2 aliphatic rings. The summed E-state index contributed by atoms with van der Waals surface area (Å²) in [6.45, 7) is 3.65. The van der Waals surface area contributed by atoms with Gasteiger partial charge in [-0.15, -0.1) is 0 Å². The fourth-order valence-corrected chi connectivity index (χ4v) is 11.0. The Balaban J connectivity index is 1.61. The smallest absolute Gasteiger partial charge is 0.329 e. The molecule has 36 nitrogen and oxygen atoms in total. The third kappa shape index (κ3) is 27.3. The number of nitrogens with two attached hydrogens (primary N) is 2. The Morgan fingerprint density at radius 3 is 1.63 bits per heavy atom. The van der Waals surface area contributed by atoms with Crippen LogP contribution in [-0.2, 0) is 91.1 Å². The number of phenols is 3. The Morgan fingerprint density at radius 2 is 1.11 bits per heavy atom. The number of rotatable bonds is 25. The second kappa shape index (κ2) is 41.5. The van der Waals surface area contributed by atoms with Gasteiger partial charge in [0.05, 0.1) is 24.9 Å². The number of aromatic hydroxyl groups is 3. The number of esters is 1. The van der Waals surface area contributed by atoms with E-state index in [-0.39, 0.29) is 55.9 Å². The Morgan fingerprint density at radius 1 is 0.606 bits per heavy atom. The van der Waals surface area contributed by atoms with Gasteiger partial charge in [0.2, 0.25) is 70.9 Å². The van der Waals surface area contributed by atoms with Crippen molar-refractivity contribution in [3.8, 4) is 17.2 Å². The molecule has 2 heterocycles. The van der Waals surface area contributed by atoms with E-state index in [2.05, 4.69) is 63.8 Å². The number of carbonyl (C=O) groups is 14. The van der Waals surface area contributed by atoms with Crippen LogP contribution >= 0.6 is 0 Å². The van der Waals surface area contributed by atoms with Gasteiger partial charge in [0.1, 0.15) is 90.3 Å². The molecule has 36 heteroatoms. The standard InChI is InChI=1S/C68H96N14O22/c1-5-34(2)55-68(103)104-33-43(88)31-51(78-64(99)48(28-37-10-16-40(85)17-11-37)76-60(95)46(22-24-53(70)89)75-58(93)44-9-7-27-71-44)62(97)72-35(3)57(92)73-47(23-25-54(90)91)61(96)82-56(36(4)84)67(102)79-49(29-38-12-18-41(86)19-13-38)63(98)74-45(8-6-26-69)59(94)80-52(32-83)66(101)77-50(65(100)81-55)30-39-14-20-42(87)21-15-39/h10-21,34-36,43-52,55-56,71,83-88H,5-9,22-33,69H2,1-4H3,(H2,70,89)(H,72,97)(H,73,92)(H,74,98)(H,75,93)(H,76,95)(H,77,101)(H,78,99)(H,79,102)(H,80,94)(H,81,100)(H,82,96)(H,90,91)/t34-,35+,36+,43-,44+,45+,46-,47-,48-,49+,50-,51-,52-,55+,56+/m1/s1. The number of nitrogens with one attached hydrogen (secondary N) is 12. The Hall–Kier alpha value is -10.6. The third-order valence-corrected chi connectivity index (χ3v) is 17.3. The average Bonchev–Trinajstić information content (AvgIpc) is 0.873. The van der Waals surface area contributed by atoms with Crippen LogP contribution < -0.4 is 75.3 Å². The number of ether oxygens (including phenoxy) is 1. The average molecular weight is 1460 g/mol. The molecule has 0 bridgehead atoms. The number of carboxylic acids is 1. The minimum Gasteiger partial charge on any atom is -0.508 e. The summed E-state index contributed by atoms with van der Waals surface area (Å²) in [6, 6.07) is -4.10. The van der Waals surface area contributed by atoms with Crippen LogP contribution in [0.25, 0.3) is 0 Å². The van der Waals surface area contributed by atoms with Gasteiger partial charge in [-0.1, -0.05) is 56.7 Å².